The molecule has 4 heteroatoms. The molecule has 0 unspecified atom stereocenters. The second-order valence-corrected chi connectivity index (χ2v) is 4.28. The van der Waals surface area contributed by atoms with E-state index in [4.69, 9.17) is 5.53 Å². The van der Waals surface area contributed by atoms with Crippen LogP contribution in [0.1, 0.15) is 27.9 Å². The van der Waals surface area contributed by atoms with Gasteiger partial charge >= 0.3 is 0 Å². The SMILES string of the molecule is [N-]=[N+]=NCCC#Cc1ccc(C(=O)c2ccccc2)cc1. The predicted octanol–water partition coefficient (Wildman–Crippen LogP) is 3.97. The summed E-state index contributed by atoms with van der Waals surface area (Å²) in [6, 6.07) is 16.3. The third-order valence-electron chi connectivity index (χ3n) is 2.82. The zero-order valence-corrected chi connectivity index (χ0v) is 11.4. The summed E-state index contributed by atoms with van der Waals surface area (Å²) in [4.78, 5) is 14.9. The molecule has 0 aliphatic rings. The third kappa shape index (κ3) is 4.24. The van der Waals surface area contributed by atoms with Crippen LogP contribution in [-0.2, 0) is 0 Å². The molecule has 0 saturated carbocycles. The summed E-state index contributed by atoms with van der Waals surface area (Å²) >= 11 is 0. The fraction of sp³-hybridized carbons (Fsp3) is 0.118. The van der Waals surface area contributed by atoms with Crippen LogP contribution in [0.15, 0.2) is 59.7 Å². The maximum absolute atomic E-state index is 12.2. The Bertz CT molecular complexity index is 718. The van der Waals surface area contributed by atoms with E-state index in [1.54, 1.807) is 24.3 Å². The monoisotopic (exact) mass is 275 g/mol. The molecule has 0 aliphatic heterocycles. The molecule has 2 aromatic carbocycles. The molecule has 0 N–H and O–H groups in total. The molecule has 2 aromatic rings. The number of carbonyl (C=O) groups is 1. The van der Waals surface area contributed by atoms with Crippen molar-refractivity contribution in [3.63, 3.8) is 0 Å². The number of azide groups is 1. The van der Waals surface area contributed by atoms with E-state index in [-0.39, 0.29) is 5.78 Å². The summed E-state index contributed by atoms with van der Waals surface area (Å²) < 4.78 is 0. The number of hydrogen-bond acceptors (Lipinski definition) is 2. The van der Waals surface area contributed by atoms with Crippen LogP contribution in [0, 0.1) is 11.8 Å². The lowest BCUT2D eigenvalue weighted by Gasteiger charge is -2.00. The topological polar surface area (TPSA) is 65.8 Å². The fourth-order valence-corrected chi connectivity index (χ4v) is 1.78. The van der Waals surface area contributed by atoms with Crippen LogP contribution in [-0.4, -0.2) is 12.3 Å². The number of benzene rings is 2. The molecule has 0 saturated heterocycles. The number of carbonyl (C=O) groups excluding carboxylic acids is 1. The molecular formula is C17H13N3O. The van der Waals surface area contributed by atoms with Gasteiger partial charge in [0.1, 0.15) is 0 Å². The summed E-state index contributed by atoms with van der Waals surface area (Å²) in [7, 11) is 0. The lowest BCUT2D eigenvalue weighted by molar-refractivity contribution is 0.103. The molecular weight excluding hydrogens is 262 g/mol. The van der Waals surface area contributed by atoms with Crippen LogP contribution >= 0.6 is 0 Å². The zero-order chi connectivity index (χ0) is 14.9. The summed E-state index contributed by atoms with van der Waals surface area (Å²) in [5, 5.41) is 3.41. The van der Waals surface area contributed by atoms with Crippen LogP contribution in [0.5, 0.6) is 0 Å². The average Bonchev–Trinajstić information content (AvgIpc) is 2.55. The standard InChI is InChI=1S/C17H13N3O/c18-20-19-13-5-4-6-14-9-11-16(12-10-14)17(21)15-7-2-1-3-8-15/h1-3,7-12H,5,13H2. The van der Waals surface area contributed by atoms with Crippen molar-refractivity contribution in [1.29, 1.82) is 0 Å². The first-order valence-corrected chi connectivity index (χ1v) is 6.51. The molecule has 21 heavy (non-hydrogen) atoms. The highest BCUT2D eigenvalue weighted by Gasteiger charge is 2.07. The van der Waals surface area contributed by atoms with E-state index in [1.165, 1.54) is 0 Å². The average molecular weight is 275 g/mol. The van der Waals surface area contributed by atoms with Crippen LogP contribution in [0.2, 0.25) is 0 Å². The molecule has 0 radical (unpaired) electrons. The first-order valence-electron chi connectivity index (χ1n) is 6.51. The Balaban J connectivity index is 2.05. The quantitative estimate of drug-likeness (QED) is 0.208. The van der Waals surface area contributed by atoms with Gasteiger partial charge in [0, 0.05) is 34.6 Å². The molecule has 2 rings (SSSR count). The van der Waals surface area contributed by atoms with E-state index >= 15 is 0 Å². The molecule has 0 heterocycles. The first-order chi connectivity index (χ1) is 10.3. The van der Waals surface area contributed by atoms with Gasteiger partial charge in [-0.15, -0.1) is 0 Å². The minimum Gasteiger partial charge on any atom is -0.289 e. The van der Waals surface area contributed by atoms with E-state index in [0.717, 1.165) is 5.56 Å². The van der Waals surface area contributed by atoms with E-state index < -0.39 is 0 Å². The smallest absolute Gasteiger partial charge is 0.193 e. The summed E-state index contributed by atoms with van der Waals surface area (Å²) in [5.74, 6) is 5.88. The second kappa shape index (κ2) is 7.54. The van der Waals surface area contributed by atoms with Crippen LogP contribution < -0.4 is 0 Å². The minimum atomic E-state index is -0.00142. The van der Waals surface area contributed by atoms with Gasteiger partial charge in [-0.2, -0.15) is 0 Å². The van der Waals surface area contributed by atoms with Crippen molar-refractivity contribution < 1.29 is 4.79 Å². The Morgan fingerprint density at radius 3 is 2.38 bits per heavy atom. The second-order valence-electron chi connectivity index (χ2n) is 4.28. The zero-order valence-electron chi connectivity index (χ0n) is 11.4. The molecule has 0 bridgehead atoms. The van der Waals surface area contributed by atoms with Crippen LogP contribution in [0.4, 0.5) is 0 Å². The van der Waals surface area contributed by atoms with Gasteiger partial charge in [0.2, 0.25) is 0 Å². The molecule has 102 valence electrons. The van der Waals surface area contributed by atoms with Crippen molar-refractivity contribution in [3.8, 4) is 11.8 Å². The molecule has 0 atom stereocenters. The van der Waals surface area contributed by atoms with E-state index in [9.17, 15) is 4.79 Å². The van der Waals surface area contributed by atoms with Gasteiger partial charge in [-0.25, -0.2) is 0 Å². The van der Waals surface area contributed by atoms with Crippen molar-refractivity contribution in [2.75, 3.05) is 6.54 Å². The molecule has 0 spiro atoms. The van der Waals surface area contributed by atoms with E-state index in [1.807, 2.05) is 30.3 Å². The largest absolute Gasteiger partial charge is 0.289 e. The number of ketones is 1. The first kappa shape index (κ1) is 14.4. The maximum atomic E-state index is 12.2. The highest BCUT2D eigenvalue weighted by atomic mass is 16.1. The lowest BCUT2D eigenvalue weighted by Crippen LogP contribution is -2.00. The summed E-state index contributed by atoms with van der Waals surface area (Å²) in [6.07, 6.45) is 0.523. The van der Waals surface area contributed by atoms with Crippen molar-refractivity contribution in [2.24, 2.45) is 5.11 Å². The third-order valence-corrected chi connectivity index (χ3v) is 2.82. The van der Waals surface area contributed by atoms with Gasteiger partial charge in [-0.3, -0.25) is 4.79 Å². The predicted molar refractivity (Wildman–Crippen MR) is 81.8 cm³/mol. The van der Waals surface area contributed by atoms with Crippen molar-refractivity contribution in [2.45, 2.75) is 6.42 Å². The van der Waals surface area contributed by atoms with Crippen LogP contribution in [0.25, 0.3) is 10.4 Å². The van der Waals surface area contributed by atoms with E-state index in [2.05, 4.69) is 21.9 Å². The highest BCUT2D eigenvalue weighted by Crippen LogP contribution is 2.10. The lowest BCUT2D eigenvalue weighted by atomic mass is 10.0. The Labute approximate surface area is 123 Å². The minimum absolute atomic E-state index is 0.00142. The van der Waals surface area contributed by atoms with Gasteiger partial charge in [-0.1, -0.05) is 47.3 Å². The van der Waals surface area contributed by atoms with Crippen molar-refractivity contribution in [3.05, 3.63) is 81.7 Å². The molecule has 0 fully saturated rings. The highest BCUT2D eigenvalue weighted by molar-refractivity contribution is 6.08. The summed E-state index contributed by atoms with van der Waals surface area (Å²) in [6.45, 7) is 0.369. The van der Waals surface area contributed by atoms with Gasteiger partial charge in [-0.05, 0) is 29.8 Å². The fourth-order valence-electron chi connectivity index (χ4n) is 1.78. The Kier molecular flexibility index (Phi) is 5.17. The summed E-state index contributed by atoms with van der Waals surface area (Å²) in [5.41, 5.74) is 10.3. The molecule has 0 aliphatic carbocycles. The van der Waals surface area contributed by atoms with Gasteiger partial charge in [0.25, 0.3) is 0 Å². The van der Waals surface area contributed by atoms with Gasteiger partial charge in [0.05, 0.1) is 0 Å². The molecule has 4 nitrogen and oxygen atoms in total. The Morgan fingerprint density at radius 2 is 1.71 bits per heavy atom. The number of nitrogens with zero attached hydrogens (tertiary/aromatic N) is 3. The van der Waals surface area contributed by atoms with Crippen LogP contribution in [0.3, 0.4) is 0 Å². The Hall–Kier alpha value is -3.02. The van der Waals surface area contributed by atoms with Crippen molar-refractivity contribution >= 4 is 5.78 Å². The number of rotatable bonds is 4. The molecule has 0 amide bonds. The van der Waals surface area contributed by atoms with Gasteiger partial charge in [0.15, 0.2) is 5.78 Å². The van der Waals surface area contributed by atoms with Gasteiger partial charge < -0.3 is 0 Å². The Morgan fingerprint density at radius 1 is 1.05 bits per heavy atom. The normalized spacial score (nSPS) is 9.14. The molecule has 0 aromatic heterocycles. The van der Waals surface area contributed by atoms with E-state index in [0.29, 0.717) is 24.1 Å². The van der Waals surface area contributed by atoms with Crippen molar-refractivity contribution in [1.82, 2.24) is 0 Å². The number of hydrogen-bond donors (Lipinski definition) is 0. The maximum Gasteiger partial charge on any atom is 0.193 e.